The van der Waals surface area contributed by atoms with Crippen LogP contribution in [0.5, 0.6) is 0 Å². The maximum Gasteiger partial charge on any atom is 0.328 e. The SMILES string of the molecule is CCC(NCC(C)C)(C(=O)O)c1ccccc1F. The number of hydrogen-bond donors (Lipinski definition) is 2. The molecule has 1 aromatic carbocycles. The van der Waals surface area contributed by atoms with Crippen LogP contribution in [0.15, 0.2) is 24.3 Å². The van der Waals surface area contributed by atoms with E-state index in [1.54, 1.807) is 19.1 Å². The highest BCUT2D eigenvalue weighted by Crippen LogP contribution is 2.28. The zero-order chi connectivity index (χ0) is 13.8. The van der Waals surface area contributed by atoms with E-state index in [4.69, 9.17) is 0 Å². The Morgan fingerprint density at radius 3 is 2.50 bits per heavy atom. The lowest BCUT2D eigenvalue weighted by atomic mass is 9.86. The molecule has 0 radical (unpaired) electrons. The second-order valence-corrected chi connectivity index (χ2v) is 4.82. The lowest BCUT2D eigenvalue weighted by molar-refractivity contribution is -0.145. The first-order valence-corrected chi connectivity index (χ1v) is 6.17. The summed E-state index contributed by atoms with van der Waals surface area (Å²) in [7, 11) is 0. The first-order chi connectivity index (χ1) is 8.44. The summed E-state index contributed by atoms with van der Waals surface area (Å²) in [6, 6.07) is 6.03. The van der Waals surface area contributed by atoms with Gasteiger partial charge in [-0.3, -0.25) is 5.32 Å². The van der Waals surface area contributed by atoms with E-state index in [9.17, 15) is 14.3 Å². The third-order valence-electron chi connectivity index (χ3n) is 3.04. The molecule has 18 heavy (non-hydrogen) atoms. The Labute approximate surface area is 107 Å². The highest BCUT2D eigenvalue weighted by atomic mass is 19.1. The number of nitrogens with one attached hydrogen (secondary N) is 1. The van der Waals surface area contributed by atoms with E-state index in [-0.39, 0.29) is 12.0 Å². The Kier molecular flexibility index (Phi) is 4.84. The normalized spacial score (nSPS) is 14.5. The van der Waals surface area contributed by atoms with Crippen LogP contribution in [-0.2, 0) is 10.3 Å². The first kappa shape index (κ1) is 14.6. The number of carboxylic acid groups (broad SMARTS) is 1. The molecule has 3 nitrogen and oxygen atoms in total. The highest BCUT2D eigenvalue weighted by Gasteiger charge is 2.40. The summed E-state index contributed by atoms with van der Waals surface area (Å²) in [5, 5.41) is 12.5. The molecule has 4 heteroatoms. The summed E-state index contributed by atoms with van der Waals surface area (Å²) in [4.78, 5) is 11.6. The van der Waals surface area contributed by atoms with Gasteiger partial charge in [0.2, 0.25) is 0 Å². The Balaban J connectivity index is 3.19. The van der Waals surface area contributed by atoms with Crippen molar-refractivity contribution in [2.75, 3.05) is 6.54 Å². The van der Waals surface area contributed by atoms with Gasteiger partial charge in [-0.25, -0.2) is 9.18 Å². The van der Waals surface area contributed by atoms with Crippen LogP contribution in [0.25, 0.3) is 0 Å². The molecule has 0 aromatic heterocycles. The van der Waals surface area contributed by atoms with E-state index in [0.29, 0.717) is 12.5 Å². The Hall–Kier alpha value is -1.42. The predicted molar refractivity (Wildman–Crippen MR) is 68.8 cm³/mol. The van der Waals surface area contributed by atoms with Crippen LogP contribution in [0.3, 0.4) is 0 Å². The van der Waals surface area contributed by atoms with Crippen LogP contribution < -0.4 is 5.32 Å². The van der Waals surface area contributed by atoms with Crippen molar-refractivity contribution >= 4 is 5.97 Å². The van der Waals surface area contributed by atoms with Crippen molar-refractivity contribution in [1.82, 2.24) is 5.32 Å². The van der Waals surface area contributed by atoms with Gasteiger partial charge in [0.15, 0.2) is 0 Å². The van der Waals surface area contributed by atoms with Crippen molar-refractivity contribution in [2.24, 2.45) is 5.92 Å². The number of hydrogen-bond acceptors (Lipinski definition) is 2. The van der Waals surface area contributed by atoms with Crippen LogP contribution >= 0.6 is 0 Å². The number of aliphatic carboxylic acids is 1. The molecule has 1 unspecified atom stereocenters. The fourth-order valence-corrected chi connectivity index (χ4v) is 1.94. The molecule has 1 rings (SSSR count). The van der Waals surface area contributed by atoms with Gasteiger partial charge in [0.05, 0.1) is 0 Å². The zero-order valence-corrected chi connectivity index (χ0v) is 11.0. The largest absolute Gasteiger partial charge is 0.480 e. The molecule has 2 N–H and O–H groups in total. The van der Waals surface area contributed by atoms with Crippen molar-refractivity contribution < 1.29 is 14.3 Å². The van der Waals surface area contributed by atoms with E-state index in [1.807, 2.05) is 13.8 Å². The van der Waals surface area contributed by atoms with E-state index in [1.165, 1.54) is 12.1 Å². The van der Waals surface area contributed by atoms with Gasteiger partial charge in [-0.1, -0.05) is 39.0 Å². The van der Waals surface area contributed by atoms with Crippen molar-refractivity contribution in [2.45, 2.75) is 32.7 Å². The van der Waals surface area contributed by atoms with Crippen molar-refractivity contribution in [3.05, 3.63) is 35.6 Å². The van der Waals surface area contributed by atoms with Gasteiger partial charge in [-0.2, -0.15) is 0 Å². The first-order valence-electron chi connectivity index (χ1n) is 6.17. The monoisotopic (exact) mass is 253 g/mol. The minimum Gasteiger partial charge on any atom is -0.480 e. The van der Waals surface area contributed by atoms with E-state index in [2.05, 4.69) is 5.32 Å². The minimum atomic E-state index is -1.35. The highest BCUT2D eigenvalue weighted by molar-refractivity contribution is 5.80. The van der Waals surface area contributed by atoms with Crippen molar-refractivity contribution in [3.63, 3.8) is 0 Å². The van der Waals surface area contributed by atoms with Crippen molar-refractivity contribution in [1.29, 1.82) is 0 Å². The molecule has 0 spiro atoms. The molecule has 100 valence electrons. The van der Waals surface area contributed by atoms with E-state index in [0.717, 1.165) is 0 Å². The zero-order valence-electron chi connectivity index (χ0n) is 11.0. The summed E-state index contributed by atoms with van der Waals surface area (Å²) < 4.78 is 13.9. The Bertz CT molecular complexity index is 420. The molecular weight excluding hydrogens is 233 g/mol. The van der Waals surface area contributed by atoms with E-state index < -0.39 is 17.3 Å². The smallest absolute Gasteiger partial charge is 0.328 e. The molecule has 0 saturated heterocycles. The van der Waals surface area contributed by atoms with Gasteiger partial charge in [0.1, 0.15) is 11.4 Å². The average molecular weight is 253 g/mol. The van der Waals surface area contributed by atoms with Crippen LogP contribution in [0, 0.1) is 11.7 Å². The number of carboxylic acids is 1. The molecule has 0 bridgehead atoms. The third kappa shape index (κ3) is 2.88. The fraction of sp³-hybridized carbons (Fsp3) is 0.500. The molecule has 0 saturated carbocycles. The van der Waals surface area contributed by atoms with Gasteiger partial charge >= 0.3 is 5.97 Å². The summed E-state index contributed by atoms with van der Waals surface area (Å²) in [6.07, 6.45) is 0.288. The molecule has 0 aliphatic heterocycles. The number of carbonyl (C=O) groups is 1. The molecule has 0 aliphatic rings. The molecule has 0 aliphatic carbocycles. The molecule has 0 heterocycles. The molecular formula is C14H20FNO2. The van der Waals surface area contributed by atoms with Crippen molar-refractivity contribution in [3.8, 4) is 0 Å². The quantitative estimate of drug-likeness (QED) is 0.819. The van der Waals surface area contributed by atoms with Gasteiger partial charge in [0.25, 0.3) is 0 Å². The Morgan fingerprint density at radius 1 is 1.44 bits per heavy atom. The topological polar surface area (TPSA) is 49.3 Å². The van der Waals surface area contributed by atoms with E-state index >= 15 is 0 Å². The maximum absolute atomic E-state index is 13.9. The lowest BCUT2D eigenvalue weighted by Gasteiger charge is -2.31. The third-order valence-corrected chi connectivity index (χ3v) is 3.04. The van der Waals surface area contributed by atoms with Gasteiger partial charge in [0, 0.05) is 5.56 Å². The van der Waals surface area contributed by atoms with Gasteiger partial charge in [-0.15, -0.1) is 0 Å². The summed E-state index contributed by atoms with van der Waals surface area (Å²) in [5.41, 5.74) is -1.16. The summed E-state index contributed by atoms with van der Waals surface area (Å²) in [6.45, 7) is 6.23. The number of benzene rings is 1. The molecule has 0 fully saturated rings. The summed E-state index contributed by atoms with van der Waals surface area (Å²) in [5.74, 6) is -1.24. The molecule has 1 aromatic rings. The van der Waals surface area contributed by atoms with Crippen LogP contribution in [-0.4, -0.2) is 17.6 Å². The lowest BCUT2D eigenvalue weighted by Crippen LogP contribution is -2.50. The predicted octanol–water partition coefficient (Wildman–Crippen LogP) is 2.76. The van der Waals surface area contributed by atoms with Crippen LogP contribution in [0.1, 0.15) is 32.8 Å². The molecule has 1 atom stereocenters. The average Bonchev–Trinajstić information content (AvgIpc) is 2.31. The number of halogens is 1. The fourth-order valence-electron chi connectivity index (χ4n) is 1.94. The van der Waals surface area contributed by atoms with Gasteiger partial charge in [-0.05, 0) is 24.9 Å². The van der Waals surface area contributed by atoms with Crippen LogP contribution in [0.4, 0.5) is 4.39 Å². The minimum absolute atomic E-state index is 0.195. The van der Waals surface area contributed by atoms with Crippen LogP contribution in [0.2, 0.25) is 0 Å². The second kappa shape index (κ2) is 5.96. The Morgan fingerprint density at radius 2 is 2.06 bits per heavy atom. The summed E-state index contributed by atoms with van der Waals surface area (Å²) >= 11 is 0. The maximum atomic E-state index is 13.9. The molecule has 0 amide bonds. The standard InChI is InChI=1S/C14H20FNO2/c1-4-14(13(17)18,16-9-10(2)3)11-7-5-6-8-12(11)15/h5-8,10,16H,4,9H2,1-3H3,(H,17,18). The van der Waals surface area contributed by atoms with Gasteiger partial charge < -0.3 is 5.11 Å². The number of rotatable bonds is 6. The second-order valence-electron chi connectivity index (χ2n) is 4.82.